The molecule has 0 radical (unpaired) electrons. The highest BCUT2D eigenvalue weighted by atomic mass is 16.5. The molecule has 30 heavy (non-hydrogen) atoms. The Morgan fingerprint density at radius 1 is 1.00 bits per heavy atom. The molecule has 0 bridgehead atoms. The first-order valence-corrected chi connectivity index (χ1v) is 10.3. The standard InChI is InChI=1S/C24H33N3O3/c1-17(2)12-13-30-21-11-7-9-19(15-21)25-16-22(28)26-20-10-6-8-18(14-20)23(29)27-24(3,4)5/h6-11,14-15,17,25H,12-13,16H2,1-5H3,(H,26,28)(H,27,29). The minimum Gasteiger partial charge on any atom is -0.494 e. The molecule has 0 aliphatic rings. The van der Waals surface area contributed by atoms with Gasteiger partial charge in [-0.3, -0.25) is 9.59 Å². The van der Waals surface area contributed by atoms with Gasteiger partial charge >= 0.3 is 0 Å². The molecule has 0 fully saturated rings. The summed E-state index contributed by atoms with van der Waals surface area (Å²) in [5, 5.41) is 8.83. The molecule has 0 saturated carbocycles. The van der Waals surface area contributed by atoms with Crippen LogP contribution in [0.4, 0.5) is 11.4 Å². The lowest BCUT2D eigenvalue weighted by molar-refractivity contribution is -0.114. The van der Waals surface area contributed by atoms with Gasteiger partial charge in [-0.25, -0.2) is 0 Å². The number of nitrogens with one attached hydrogen (secondary N) is 3. The van der Waals surface area contributed by atoms with Crippen molar-refractivity contribution in [2.75, 3.05) is 23.8 Å². The fraction of sp³-hybridized carbons (Fsp3) is 0.417. The van der Waals surface area contributed by atoms with Crippen LogP contribution in [0.25, 0.3) is 0 Å². The van der Waals surface area contributed by atoms with Crippen molar-refractivity contribution in [1.29, 1.82) is 0 Å². The number of hydrogen-bond acceptors (Lipinski definition) is 4. The molecule has 6 heteroatoms. The highest BCUT2D eigenvalue weighted by Crippen LogP contribution is 2.18. The third-order valence-corrected chi connectivity index (χ3v) is 4.15. The van der Waals surface area contributed by atoms with E-state index < -0.39 is 0 Å². The molecule has 2 aromatic rings. The topological polar surface area (TPSA) is 79.5 Å². The van der Waals surface area contributed by atoms with Gasteiger partial charge in [-0.2, -0.15) is 0 Å². The predicted molar refractivity (Wildman–Crippen MR) is 122 cm³/mol. The van der Waals surface area contributed by atoms with Crippen LogP contribution in [0.5, 0.6) is 5.75 Å². The Bertz CT molecular complexity index is 857. The zero-order valence-electron chi connectivity index (χ0n) is 18.5. The Balaban J connectivity index is 1.88. The molecule has 0 unspecified atom stereocenters. The number of amides is 2. The van der Waals surface area contributed by atoms with Crippen molar-refractivity contribution in [3.05, 3.63) is 54.1 Å². The van der Waals surface area contributed by atoms with Gasteiger partial charge in [0.2, 0.25) is 5.91 Å². The first-order valence-electron chi connectivity index (χ1n) is 10.3. The molecule has 2 rings (SSSR count). The Morgan fingerprint density at radius 3 is 2.40 bits per heavy atom. The summed E-state index contributed by atoms with van der Waals surface area (Å²) in [7, 11) is 0. The number of ether oxygens (including phenoxy) is 1. The van der Waals surface area contributed by atoms with Gasteiger partial charge in [0.25, 0.3) is 5.91 Å². The molecular weight excluding hydrogens is 378 g/mol. The zero-order valence-corrected chi connectivity index (χ0v) is 18.5. The summed E-state index contributed by atoms with van der Waals surface area (Å²) >= 11 is 0. The first kappa shape index (κ1) is 23.3. The molecule has 0 spiro atoms. The van der Waals surface area contributed by atoms with Crippen molar-refractivity contribution in [3.8, 4) is 5.75 Å². The highest BCUT2D eigenvalue weighted by molar-refractivity contribution is 5.98. The van der Waals surface area contributed by atoms with Crippen LogP contribution in [-0.2, 0) is 4.79 Å². The predicted octanol–water partition coefficient (Wildman–Crippen LogP) is 4.69. The van der Waals surface area contributed by atoms with Gasteiger partial charge in [-0.15, -0.1) is 0 Å². The molecule has 162 valence electrons. The van der Waals surface area contributed by atoms with Crippen LogP contribution in [-0.4, -0.2) is 30.5 Å². The van der Waals surface area contributed by atoms with Crippen LogP contribution in [0.2, 0.25) is 0 Å². The van der Waals surface area contributed by atoms with Crippen molar-refractivity contribution in [1.82, 2.24) is 5.32 Å². The maximum Gasteiger partial charge on any atom is 0.251 e. The van der Waals surface area contributed by atoms with E-state index in [0.717, 1.165) is 17.9 Å². The Labute approximate surface area is 179 Å². The average molecular weight is 412 g/mol. The Kier molecular flexibility index (Phi) is 8.27. The lowest BCUT2D eigenvalue weighted by Gasteiger charge is -2.20. The van der Waals surface area contributed by atoms with E-state index in [9.17, 15) is 9.59 Å². The number of carbonyl (C=O) groups excluding carboxylic acids is 2. The lowest BCUT2D eigenvalue weighted by atomic mass is 10.1. The fourth-order valence-corrected chi connectivity index (χ4v) is 2.65. The van der Waals surface area contributed by atoms with Crippen LogP contribution in [0.1, 0.15) is 51.4 Å². The second kappa shape index (κ2) is 10.7. The van der Waals surface area contributed by atoms with Gasteiger partial charge in [-0.05, 0) is 63.4 Å². The summed E-state index contributed by atoms with van der Waals surface area (Å²) < 4.78 is 5.75. The summed E-state index contributed by atoms with van der Waals surface area (Å²) in [6.45, 7) is 10.9. The first-order chi connectivity index (χ1) is 14.1. The molecule has 0 aromatic heterocycles. The van der Waals surface area contributed by atoms with E-state index >= 15 is 0 Å². The maximum absolute atomic E-state index is 12.3. The van der Waals surface area contributed by atoms with Gasteiger partial charge in [0, 0.05) is 28.5 Å². The maximum atomic E-state index is 12.3. The number of hydrogen-bond donors (Lipinski definition) is 3. The average Bonchev–Trinajstić information content (AvgIpc) is 2.65. The van der Waals surface area contributed by atoms with Crippen LogP contribution in [0.15, 0.2) is 48.5 Å². The van der Waals surface area contributed by atoms with E-state index in [-0.39, 0.29) is 23.9 Å². The lowest BCUT2D eigenvalue weighted by Crippen LogP contribution is -2.40. The molecule has 6 nitrogen and oxygen atoms in total. The third-order valence-electron chi connectivity index (χ3n) is 4.15. The van der Waals surface area contributed by atoms with E-state index in [1.54, 1.807) is 24.3 Å². The van der Waals surface area contributed by atoms with E-state index in [1.807, 2.05) is 45.0 Å². The van der Waals surface area contributed by atoms with Gasteiger partial charge in [0.15, 0.2) is 0 Å². The summed E-state index contributed by atoms with van der Waals surface area (Å²) in [4.78, 5) is 24.6. The minimum absolute atomic E-state index is 0.105. The molecule has 0 aliphatic carbocycles. The van der Waals surface area contributed by atoms with Gasteiger partial charge in [0.05, 0.1) is 13.2 Å². The summed E-state index contributed by atoms with van der Waals surface area (Å²) in [6, 6.07) is 14.5. The number of benzene rings is 2. The summed E-state index contributed by atoms with van der Waals surface area (Å²) in [6.07, 6.45) is 0.993. The molecule has 0 atom stereocenters. The van der Waals surface area contributed by atoms with Crippen LogP contribution >= 0.6 is 0 Å². The number of rotatable bonds is 9. The second-order valence-corrected chi connectivity index (χ2v) is 8.75. The molecular formula is C24H33N3O3. The van der Waals surface area contributed by atoms with Crippen molar-refractivity contribution < 1.29 is 14.3 Å². The van der Waals surface area contributed by atoms with E-state index in [0.29, 0.717) is 23.8 Å². The van der Waals surface area contributed by atoms with E-state index in [1.165, 1.54) is 0 Å². The molecule has 3 N–H and O–H groups in total. The molecule has 2 aromatic carbocycles. The second-order valence-electron chi connectivity index (χ2n) is 8.75. The fourth-order valence-electron chi connectivity index (χ4n) is 2.65. The van der Waals surface area contributed by atoms with Crippen LogP contribution < -0.4 is 20.7 Å². The SMILES string of the molecule is CC(C)CCOc1cccc(NCC(=O)Nc2cccc(C(=O)NC(C)(C)C)c2)c1. The quantitative estimate of drug-likeness (QED) is 0.559. The molecule has 2 amide bonds. The Hall–Kier alpha value is -3.02. The summed E-state index contributed by atoms with van der Waals surface area (Å²) in [5.74, 6) is 0.993. The van der Waals surface area contributed by atoms with Crippen molar-refractivity contribution in [2.45, 2.75) is 46.6 Å². The number of anilines is 2. The van der Waals surface area contributed by atoms with E-state index in [4.69, 9.17) is 4.74 Å². The van der Waals surface area contributed by atoms with Crippen molar-refractivity contribution in [2.24, 2.45) is 5.92 Å². The highest BCUT2D eigenvalue weighted by Gasteiger charge is 2.15. The normalized spacial score (nSPS) is 11.1. The zero-order chi connectivity index (χ0) is 22.1. The monoisotopic (exact) mass is 411 g/mol. The third kappa shape index (κ3) is 8.55. The summed E-state index contributed by atoms with van der Waals surface area (Å²) in [5.41, 5.74) is 1.56. The smallest absolute Gasteiger partial charge is 0.251 e. The van der Waals surface area contributed by atoms with Crippen LogP contribution in [0.3, 0.4) is 0 Å². The molecule has 0 aliphatic heterocycles. The van der Waals surface area contributed by atoms with Crippen molar-refractivity contribution >= 4 is 23.2 Å². The van der Waals surface area contributed by atoms with Crippen LogP contribution in [0, 0.1) is 5.92 Å². The Morgan fingerprint density at radius 2 is 1.70 bits per heavy atom. The molecule has 0 saturated heterocycles. The van der Waals surface area contributed by atoms with Gasteiger partial charge < -0.3 is 20.7 Å². The van der Waals surface area contributed by atoms with E-state index in [2.05, 4.69) is 29.8 Å². The van der Waals surface area contributed by atoms with Crippen molar-refractivity contribution in [3.63, 3.8) is 0 Å². The largest absolute Gasteiger partial charge is 0.494 e. The van der Waals surface area contributed by atoms with Gasteiger partial charge in [0.1, 0.15) is 5.75 Å². The molecule has 0 heterocycles. The van der Waals surface area contributed by atoms with Gasteiger partial charge in [-0.1, -0.05) is 26.0 Å². The minimum atomic E-state index is -0.326. The number of carbonyl (C=O) groups is 2.